The molecule has 0 saturated heterocycles. The van der Waals surface area contributed by atoms with Gasteiger partial charge in [0.15, 0.2) is 0 Å². The molecule has 0 aliphatic carbocycles. The fourth-order valence-electron chi connectivity index (χ4n) is 2.25. The Morgan fingerprint density at radius 3 is 0.714 bits per heavy atom. The molecule has 5 heteroatoms. The van der Waals surface area contributed by atoms with Crippen LogP contribution >= 0.6 is 32.2 Å². The first kappa shape index (κ1) is 16.3. The first-order valence-corrected chi connectivity index (χ1v) is 22.4. The van der Waals surface area contributed by atoms with E-state index in [0.29, 0.717) is 0 Å². The summed E-state index contributed by atoms with van der Waals surface area (Å²) in [5, 5.41) is 0. The van der Waals surface area contributed by atoms with Crippen molar-refractivity contribution in [3.63, 3.8) is 0 Å². The van der Waals surface area contributed by atoms with Crippen molar-refractivity contribution in [3.8, 4) is 0 Å². The summed E-state index contributed by atoms with van der Waals surface area (Å²) < 4.78 is 0. The summed E-state index contributed by atoms with van der Waals surface area (Å²) in [5.41, 5.74) is 0. The fourth-order valence-corrected chi connectivity index (χ4v) is 83.5. The van der Waals surface area contributed by atoms with Gasteiger partial charge in [-0.3, -0.25) is 0 Å². The van der Waals surface area contributed by atoms with Crippen LogP contribution in [0.25, 0.3) is 0 Å². The molecule has 14 heavy (non-hydrogen) atoms. The maximum absolute atomic E-state index is 4.34. The Bertz CT molecular complexity index is 174. The SMILES string of the molecule is C[PH](C)(C)[Co]([Br])([PH](C)(C)C)[PH](C)(C)C. The zero-order valence-corrected chi connectivity index (χ0v) is 16.8. The zero-order valence-electron chi connectivity index (χ0n) is 11.2. The molecule has 0 atom stereocenters. The standard InChI is InChI=1S/3C3H9P.BrH.Co/c3*1-4(2)3;;/h3*1-3H3;1H;/q;;;;-2/p+2. The molecule has 0 N–H and O–H groups in total. The molecule has 0 unspecified atom stereocenters. The molecule has 0 spiro atoms. The summed E-state index contributed by atoms with van der Waals surface area (Å²) in [6, 6.07) is 0. The third kappa shape index (κ3) is 2.94. The topological polar surface area (TPSA) is 0 Å². The van der Waals surface area contributed by atoms with Gasteiger partial charge < -0.3 is 0 Å². The van der Waals surface area contributed by atoms with Gasteiger partial charge in [0.1, 0.15) is 0 Å². The Morgan fingerprint density at radius 1 is 0.571 bits per heavy atom. The molecule has 0 aliphatic heterocycles. The molecule has 0 bridgehead atoms. The molecule has 0 aromatic rings. The van der Waals surface area contributed by atoms with Gasteiger partial charge in [-0.1, -0.05) is 0 Å². The molecule has 0 fully saturated rings. The number of halogens is 1. The molecule has 0 nitrogen and oxygen atoms in total. The molecule has 0 saturated carbocycles. The van der Waals surface area contributed by atoms with Crippen LogP contribution in [0.2, 0.25) is 0 Å². The van der Waals surface area contributed by atoms with Crippen molar-refractivity contribution in [2.24, 2.45) is 0 Å². The first-order valence-electron chi connectivity index (χ1n) is 5.13. The van der Waals surface area contributed by atoms with Crippen LogP contribution < -0.4 is 0 Å². The van der Waals surface area contributed by atoms with Crippen LogP contribution in [0.4, 0.5) is 0 Å². The van der Waals surface area contributed by atoms with Crippen molar-refractivity contribution in [3.05, 3.63) is 0 Å². The van der Waals surface area contributed by atoms with Crippen LogP contribution in [-0.2, 0) is 9.51 Å². The first-order chi connectivity index (χ1) is 5.75. The Morgan fingerprint density at radius 2 is 0.714 bits per heavy atom. The van der Waals surface area contributed by atoms with Crippen LogP contribution in [0.5, 0.6) is 0 Å². The van der Waals surface area contributed by atoms with Crippen molar-refractivity contribution < 1.29 is 9.51 Å². The number of hydrogen-bond acceptors (Lipinski definition) is 0. The Hall–Kier alpha value is 2.28. The van der Waals surface area contributed by atoms with E-state index in [1.807, 2.05) is 0 Å². The minimum absolute atomic E-state index is 0.771. The summed E-state index contributed by atoms with van der Waals surface area (Å²) >= 11 is 4.34. The summed E-state index contributed by atoms with van der Waals surface area (Å²) in [5.74, 6) is -3.10. The van der Waals surface area contributed by atoms with E-state index in [9.17, 15) is 0 Å². The van der Waals surface area contributed by atoms with Crippen molar-refractivity contribution in [1.29, 1.82) is 0 Å². The van der Waals surface area contributed by atoms with E-state index in [1.165, 1.54) is 0 Å². The van der Waals surface area contributed by atoms with Gasteiger partial charge in [0, 0.05) is 0 Å². The molecule has 97 valence electrons. The average Bonchev–Trinajstić information content (AvgIpc) is 1.77. The Kier molecular flexibility index (Phi) is 5.24. The molecule has 0 amide bonds. The van der Waals surface area contributed by atoms with E-state index in [-0.39, 0.29) is 0 Å². The summed E-state index contributed by atoms with van der Waals surface area (Å²) in [7, 11) is -0.771. The monoisotopic (exact) mass is 369 g/mol. The molecule has 0 rings (SSSR count). The predicted octanol–water partition coefficient (Wildman–Crippen LogP) is 4.11. The van der Waals surface area contributed by atoms with Gasteiger partial charge in [-0.25, -0.2) is 0 Å². The molecular weight excluding hydrogens is 340 g/mol. The Labute approximate surface area is 101 Å². The second-order valence-corrected chi connectivity index (χ2v) is 53.5. The van der Waals surface area contributed by atoms with Crippen LogP contribution in [0.1, 0.15) is 0 Å². The quantitative estimate of drug-likeness (QED) is 0.656. The van der Waals surface area contributed by atoms with E-state index >= 15 is 0 Å². The van der Waals surface area contributed by atoms with Gasteiger partial charge in [-0.2, -0.15) is 0 Å². The van der Waals surface area contributed by atoms with Crippen molar-refractivity contribution in [1.82, 2.24) is 0 Å². The second-order valence-electron chi connectivity index (χ2n) is 6.44. The van der Waals surface area contributed by atoms with Crippen LogP contribution in [0.3, 0.4) is 0 Å². The van der Waals surface area contributed by atoms with Gasteiger partial charge in [0.05, 0.1) is 0 Å². The van der Waals surface area contributed by atoms with E-state index in [1.54, 1.807) is 0 Å². The van der Waals surface area contributed by atoms with Crippen LogP contribution in [0.15, 0.2) is 0 Å². The van der Waals surface area contributed by atoms with Crippen molar-refractivity contribution in [2.75, 3.05) is 60.0 Å². The predicted molar refractivity (Wildman–Crippen MR) is 87.2 cm³/mol. The van der Waals surface area contributed by atoms with Gasteiger partial charge >= 0.3 is 102 Å². The number of rotatable bonds is 3. The molecule has 0 aromatic heterocycles. The van der Waals surface area contributed by atoms with Gasteiger partial charge in [0.2, 0.25) is 0 Å². The third-order valence-corrected chi connectivity index (χ3v) is 92.1. The third-order valence-electron chi connectivity index (χ3n) is 2.07. The normalized spacial score (nSPS) is 25.0. The average molecular weight is 370 g/mol. The number of hydrogen-bond donors (Lipinski definition) is 0. The molecule has 0 aromatic carbocycles. The summed E-state index contributed by atoms with van der Waals surface area (Å²) in [6.45, 7) is 23.2. The second kappa shape index (κ2) is 4.51. The maximum atomic E-state index is 4.34. The van der Waals surface area contributed by atoms with Gasteiger partial charge in [-0.05, 0) is 0 Å². The van der Waals surface area contributed by atoms with E-state index in [0.717, 1.165) is 0 Å². The minimum atomic E-state index is -1.03. The molecule has 0 heterocycles. The van der Waals surface area contributed by atoms with Gasteiger partial charge in [-0.15, -0.1) is 0 Å². The fraction of sp³-hybridized carbons (Fsp3) is 1.00. The van der Waals surface area contributed by atoms with Crippen LogP contribution in [-0.4, -0.2) is 60.0 Å². The summed E-state index contributed by atoms with van der Waals surface area (Å²) in [4.78, 5) is 0. The van der Waals surface area contributed by atoms with Crippen molar-refractivity contribution >= 4 is 32.2 Å². The van der Waals surface area contributed by atoms with E-state index < -0.39 is 27.5 Å². The van der Waals surface area contributed by atoms with E-state index in [2.05, 4.69) is 74.2 Å². The molecule has 0 radical (unpaired) electrons. The van der Waals surface area contributed by atoms with Gasteiger partial charge in [0.25, 0.3) is 0 Å². The zero-order chi connectivity index (χ0) is 12.0. The Balaban J connectivity index is 5.54. The summed E-state index contributed by atoms with van der Waals surface area (Å²) in [6.07, 6.45) is 0. The van der Waals surface area contributed by atoms with Crippen LogP contribution in [0, 0.1) is 0 Å². The molecule has 0 aliphatic rings. The van der Waals surface area contributed by atoms with E-state index in [4.69, 9.17) is 0 Å². The molecular formula is C9H30BrCoP3. The van der Waals surface area contributed by atoms with Crippen molar-refractivity contribution in [2.45, 2.75) is 0 Å².